The molecule has 1 fully saturated rings. The Kier molecular flexibility index (Phi) is 11.4. The Morgan fingerprint density at radius 2 is 1.66 bits per heavy atom. The van der Waals surface area contributed by atoms with Gasteiger partial charge in [-0.2, -0.15) is 4.39 Å². The monoisotopic (exact) mass is 583 g/mol. The third kappa shape index (κ3) is 7.98. The summed E-state index contributed by atoms with van der Waals surface area (Å²) in [6, 6.07) is 3.79. The molecule has 1 aromatic heterocycles. The zero-order valence-electron chi connectivity index (χ0n) is 24.1. The molecule has 0 saturated carbocycles. The molecule has 3 atom stereocenters. The average molecular weight is 584 g/mol. The van der Waals surface area contributed by atoms with Crippen molar-refractivity contribution >= 4 is 0 Å². The van der Waals surface area contributed by atoms with E-state index in [2.05, 4.69) is 18.8 Å². The molecular weight excluding hydrogens is 541 g/mol. The van der Waals surface area contributed by atoms with Crippen molar-refractivity contribution in [3.63, 3.8) is 0 Å². The molecule has 228 valence electrons. The quantitative estimate of drug-likeness (QED) is 0.0807. The van der Waals surface area contributed by atoms with Gasteiger partial charge >= 0.3 is 0 Å². The van der Waals surface area contributed by atoms with Crippen molar-refractivity contribution in [2.45, 2.75) is 109 Å². The number of ether oxygens (including phenoxy) is 3. The van der Waals surface area contributed by atoms with Crippen LogP contribution in [0.15, 0.2) is 18.2 Å². The van der Waals surface area contributed by atoms with Crippen molar-refractivity contribution in [2.24, 2.45) is 5.92 Å². The highest BCUT2D eigenvalue weighted by atomic mass is 19.3. The van der Waals surface area contributed by atoms with Gasteiger partial charge in [-0.1, -0.05) is 52.4 Å². The van der Waals surface area contributed by atoms with Gasteiger partial charge in [0.2, 0.25) is 0 Å². The Balaban J connectivity index is 1.36. The number of fused-ring (bicyclic) bond motifs is 1. The maximum atomic E-state index is 15.4. The van der Waals surface area contributed by atoms with Gasteiger partial charge in [0.1, 0.15) is 12.7 Å². The van der Waals surface area contributed by atoms with Crippen molar-refractivity contribution in [3.8, 4) is 17.0 Å². The molecule has 1 saturated heterocycles. The predicted octanol–water partition coefficient (Wildman–Crippen LogP) is 8.92. The lowest BCUT2D eigenvalue weighted by atomic mass is 9.77. The maximum absolute atomic E-state index is 15.4. The van der Waals surface area contributed by atoms with Crippen LogP contribution in [0.25, 0.3) is 11.3 Å². The second kappa shape index (κ2) is 14.8. The van der Waals surface area contributed by atoms with Crippen LogP contribution in [-0.2, 0) is 21.8 Å². The predicted molar refractivity (Wildman–Crippen MR) is 148 cm³/mol. The lowest BCUT2D eigenvalue weighted by Crippen LogP contribution is -2.33. The highest BCUT2D eigenvalue weighted by Crippen LogP contribution is 2.49. The smallest absolute Gasteiger partial charge is 0.279 e. The van der Waals surface area contributed by atoms with E-state index in [4.69, 9.17) is 14.2 Å². The summed E-state index contributed by atoms with van der Waals surface area (Å²) in [6.07, 6.45) is 8.96. The molecule has 9 heteroatoms. The van der Waals surface area contributed by atoms with Crippen LogP contribution in [0.4, 0.5) is 22.0 Å². The molecule has 2 heterocycles. The largest absolute Gasteiger partial charge is 0.486 e. The van der Waals surface area contributed by atoms with Crippen LogP contribution in [0, 0.1) is 23.5 Å². The summed E-state index contributed by atoms with van der Waals surface area (Å²) in [4.78, 5) is 3.76. The molecule has 4 nitrogen and oxygen atoms in total. The molecule has 0 bridgehead atoms. The Hall–Kier alpha value is -2.26. The van der Waals surface area contributed by atoms with Crippen LogP contribution in [0.1, 0.15) is 95.6 Å². The van der Waals surface area contributed by atoms with Gasteiger partial charge in [0.25, 0.3) is 11.9 Å². The second-order valence-corrected chi connectivity index (χ2v) is 11.3. The average Bonchev–Trinajstić information content (AvgIpc) is 3.71. The fourth-order valence-electron chi connectivity index (χ4n) is 5.63. The summed E-state index contributed by atoms with van der Waals surface area (Å²) < 4.78 is 92.4. The van der Waals surface area contributed by atoms with Gasteiger partial charge in [-0.15, -0.1) is 0 Å². The molecule has 41 heavy (non-hydrogen) atoms. The van der Waals surface area contributed by atoms with Crippen LogP contribution in [0.5, 0.6) is 5.75 Å². The van der Waals surface area contributed by atoms with E-state index in [-0.39, 0.29) is 60.6 Å². The topological polar surface area (TPSA) is 43.9 Å². The number of aromatic nitrogens is 1. The Labute approximate surface area is 240 Å². The van der Waals surface area contributed by atoms with E-state index in [0.29, 0.717) is 19.6 Å². The first kappa shape index (κ1) is 31.7. The number of hydrogen-bond acceptors (Lipinski definition) is 4. The van der Waals surface area contributed by atoms with E-state index >= 15 is 17.6 Å². The number of hydrogen-bond donors (Lipinski definition) is 0. The second-order valence-electron chi connectivity index (χ2n) is 11.3. The normalized spacial score (nSPS) is 21.1. The molecule has 3 unspecified atom stereocenters. The van der Waals surface area contributed by atoms with E-state index < -0.39 is 35.0 Å². The Morgan fingerprint density at radius 3 is 2.39 bits per heavy atom. The number of unbranched alkanes of at least 4 members (excludes halogenated alkanes) is 5. The number of pyridine rings is 1. The van der Waals surface area contributed by atoms with Crippen molar-refractivity contribution in [2.75, 3.05) is 19.8 Å². The number of rotatable bonds is 17. The van der Waals surface area contributed by atoms with Crippen LogP contribution in [-0.4, -0.2) is 37.0 Å². The van der Waals surface area contributed by atoms with Gasteiger partial charge in [-0.3, -0.25) is 0 Å². The van der Waals surface area contributed by atoms with Crippen LogP contribution < -0.4 is 4.74 Å². The number of benzene rings is 1. The third-order valence-corrected chi connectivity index (χ3v) is 8.15. The summed E-state index contributed by atoms with van der Waals surface area (Å²) in [5.74, 6) is -8.71. The Morgan fingerprint density at radius 1 is 0.902 bits per heavy atom. The van der Waals surface area contributed by atoms with E-state index in [9.17, 15) is 4.39 Å². The summed E-state index contributed by atoms with van der Waals surface area (Å²) in [6.45, 7) is 5.70. The number of aryl methyl sites for hydroxylation is 1. The van der Waals surface area contributed by atoms with Crippen molar-refractivity contribution in [1.29, 1.82) is 0 Å². The van der Waals surface area contributed by atoms with E-state index in [1.807, 2.05) is 0 Å². The van der Waals surface area contributed by atoms with Crippen LogP contribution >= 0.6 is 0 Å². The van der Waals surface area contributed by atoms with E-state index in [1.54, 1.807) is 0 Å². The number of nitrogens with zero attached hydrogens (tertiary/aromatic N) is 1. The van der Waals surface area contributed by atoms with Gasteiger partial charge in [0, 0.05) is 24.7 Å². The van der Waals surface area contributed by atoms with Gasteiger partial charge in [0.15, 0.2) is 17.4 Å². The van der Waals surface area contributed by atoms with Gasteiger partial charge < -0.3 is 14.2 Å². The number of alkyl halides is 2. The van der Waals surface area contributed by atoms with Crippen molar-refractivity contribution in [3.05, 3.63) is 46.9 Å². The van der Waals surface area contributed by atoms with Crippen molar-refractivity contribution < 1.29 is 36.2 Å². The van der Waals surface area contributed by atoms with Gasteiger partial charge in [-0.25, -0.2) is 22.5 Å². The fourth-order valence-corrected chi connectivity index (χ4v) is 5.63. The molecule has 0 amide bonds. The minimum absolute atomic E-state index is 0.0344. The summed E-state index contributed by atoms with van der Waals surface area (Å²) >= 11 is 0. The first-order chi connectivity index (χ1) is 19.8. The lowest BCUT2D eigenvalue weighted by molar-refractivity contribution is -0.0823. The molecule has 4 rings (SSSR count). The van der Waals surface area contributed by atoms with Gasteiger partial charge in [-0.05, 0) is 62.3 Å². The zero-order chi connectivity index (χ0) is 29.4. The number of epoxide rings is 1. The SMILES string of the molecule is CCCCCOCCCCCC1CCc2cc(-c3ccc(OCC4OC4CCCC)c(F)n3)c(F)c(F)c2C1(F)F. The summed E-state index contributed by atoms with van der Waals surface area (Å²) in [7, 11) is 0. The molecule has 1 aromatic carbocycles. The first-order valence-corrected chi connectivity index (χ1v) is 15.2. The fraction of sp³-hybridized carbons (Fsp3) is 0.656. The van der Waals surface area contributed by atoms with E-state index in [1.165, 1.54) is 18.2 Å². The molecule has 0 N–H and O–H groups in total. The van der Waals surface area contributed by atoms with Crippen LogP contribution in [0.2, 0.25) is 0 Å². The van der Waals surface area contributed by atoms with E-state index in [0.717, 1.165) is 51.4 Å². The maximum Gasteiger partial charge on any atom is 0.279 e. The lowest BCUT2D eigenvalue weighted by Gasteiger charge is -2.34. The summed E-state index contributed by atoms with van der Waals surface area (Å²) in [5, 5.41) is 0. The third-order valence-electron chi connectivity index (χ3n) is 8.15. The zero-order valence-corrected chi connectivity index (χ0v) is 24.1. The molecule has 1 aliphatic heterocycles. The standard InChI is InChI=1S/C32H42F5NO3/c1-3-5-9-17-39-18-10-7-8-11-22-14-13-21-19-23(29(33)30(34)28(21)32(22,36)37)24-15-16-26(31(35)38-24)40-20-27-25(41-27)12-6-4-2/h15-16,19,22,25,27H,3-14,17-18,20H2,1-2H3. The molecule has 1 aliphatic carbocycles. The number of halogens is 5. The molecular formula is C32H42F5NO3. The highest BCUT2D eigenvalue weighted by Gasteiger charge is 2.48. The first-order valence-electron chi connectivity index (χ1n) is 15.2. The minimum atomic E-state index is -3.50. The minimum Gasteiger partial charge on any atom is -0.486 e. The summed E-state index contributed by atoms with van der Waals surface area (Å²) in [5.41, 5.74) is -1.37. The molecule has 2 aromatic rings. The molecule has 0 radical (unpaired) electrons. The highest BCUT2D eigenvalue weighted by molar-refractivity contribution is 5.63. The Bertz CT molecular complexity index is 1140. The molecule has 2 aliphatic rings. The van der Waals surface area contributed by atoms with Gasteiger partial charge in [0.05, 0.1) is 17.4 Å². The molecule has 0 spiro atoms. The van der Waals surface area contributed by atoms with Crippen LogP contribution in [0.3, 0.4) is 0 Å². The van der Waals surface area contributed by atoms with Crippen molar-refractivity contribution in [1.82, 2.24) is 4.98 Å².